The van der Waals surface area contributed by atoms with E-state index in [1.54, 1.807) is 14.2 Å². The summed E-state index contributed by atoms with van der Waals surface area (Å²) in [4.78, 5) is 0. The lowest BCUT2D eigenvalue weighted by atomic mass is 9.78. The van der Waals surface area contributed by atoms with Crippen LogP contribution in [0.1, 0.15) is 24.0 Å². The Morgan fingerprint density at radius 1 is 1.00 bits per heavy atom. The molecule has 3 heteroatoms. The zero-order chi connectivity index (χ0) is 14.8. The molecule has 0 aromatic heterocycles. The third kappa shape index (κ3) is 2.44. The molecule has 1 aliphatic heterocycles. The van der Waals surface area contributed by atoms with Crippen LogP contribution in [0.4, 0.5) is 5.69 Å². The summed E-state index contributed by atoms with van der Waals surface area (Å²) in [5.74, 6) is 2.47. The molecule has 0 amide bonds. The van der Waals surface area contributed by atoms with Gasteiger partial charge >= 0.3 is 0 Å². The van der Waals surface area contributed by atoms with Gasteiger partial charge in [0, 0.05) is 18.2 Å². The Bertz CT molecular complexity index is 639. The molecule has 0 bridgehead atoms. The number of anilines is 1. The van der Waals surface area contributed by atoms with Crippen molar-refractivity contribution in [1.29, 1.82) is 0 Å². The van der Waals surface area contributed by atoms with Gasteiger partial charge in [0.05, 0.1) is 14.2 Å². The zero-order valence-electron chi connectivity index (χ0n) is 12.7. The topological polar surface area (TPSA) is 30.5 Å². The van der Waals surface area contributed by atoms with E-state index >= 15 is 0 Å². The molecule has 0 saturated carbocycles. The second-order valence-electron chi connectivity index (χ2n) is 5.54. The number of hydrogen-bond acceptors (Lipinski definition) is 3. The van der Waals surface area contributed by atoms with Gasteiger partial charge in [0.25, 0.3) is 0 Å². The van der Waals surface area contributed by atoms with E-state index in [0.717, 1.165) is 18.0 Å². The van der Waals surface area contributed by atoms with Crippen LogP contribution in [0.2, 0.25) is 0 Å². The van der Waals surface area contributed by atoms with Crippen LogP contribution in [0.15, 0.2) is 42.5 Å². The Morgan fingerprint density at radius 2 is 1.76 bits per heavy atom. The standard InChI is InChI=1S/C18H21NO2/c1-12-11-19-15-7-5-4-6-14(15)18(12)13-8-9-16(20-2)17(10-13)21-3/h4-10,12,18-19H,11H2,1-3H3. The van der Waals surface area contributed by atoms with Crippen molar-refractivity contribution in [3.8, 4) is 11.5 Å². The van der Waals surface area contributed by atoms with Gasteiger partial charge in [0.2, 0.25) is 0 Å². The van der Waals surface area contributed by atoms with Gasteiger partial charge in [-0.1, -0.05) is 31.2 Å². The lowest BCUT2D eigenvalue weighted by molar-refractivity contribution is 0.354. The smallest absolute Gasteiger partial charge is 0.161 e. The number of hydrogen-bond donors (Lipinski definition) is 1. The molecule has 3 nitrogen and oxygen atoms in total. The summed E-state index contributed by atoms with van der Waals surface area (Å²) in [6.07, 6.45) is 0. The van der Waals surface area contributed by atoms with Crippen LogP contribution >= 0.6 is 0 Å². The first kappa shape index (κ1) is 13.8. The Balaban J connectivity index is 2.07. The van der Waals surface area contributed by atoms with E-state index in [-0.39, 0.29) is 0 Å². The van der Waals surface area contributed by atoms with Crippen LogP contribution in [-0.2, 0) is 0 Å². The Labute approximate surface area is 125 Å². The van der Waals surface area contributed by atoms with Gasteiger partial charge in [-0.2, -0.15) is 0 Å². The van der Waals surface area contributed by atoms with Crippen LogP contribution in [0, 0.1) is 5.92 Å². The zero-order valence-corrected chi connectivity index (χ0v) is 12.7. The molecule has 1 heterocycles. The van der Waals surface area contributed by atoms with Crippen LogP contribution in [0.25, 0.3) is 0 Å². The fourth-order valence-corrected chi connectivity index (χ4v) is 3.18. The molecule has 1 aliphatic rings. The summed E-state index contributed by atoms with van der Waals surface area (Å²) in [5.41, 5.74) is 3.85. The Hall–Kier alpha value is -2.16. The molecule has 2 atom stereocenters. The predicted molar refractivity (Wildman–Crippen MR) is 85.5 cm³/mol. The highest BCUT2D eigenvalue weighted by molar-refractivity contribution is 5.59. The van der Waals surface area contributed by atoms with E-state index in [4.69, 9.17) is 9.47 Å². The maximum Gasteiger partial charge on any atom is 0.161 e. The van der Waals surface area contributed by atoms with Crippen molar-refractivity contribution >= 4 is 5.69 Å². The largest absolute Gasteiger partial charge is 0.493 e. The first-order chi connectivity index (χ1) is 10.2. The maximum atomic E-state index is 5.45. The van der Waals surface area contributed by atoms with Crippen molar-refractivity contribution in [3.63, 3.8) is 0 Å². The van der Waals surface area contributed by atoms with Crippen molar-refractivity contribution in [1.82, 2.24) is 0 Å². The van der Waals surface area contributed by atoms with E-state index in [1.165, 1.54) is 16.8 Å². The number of ether oxygens (including phenoxy) is 2. The summed E-state index contributed by atoms with van der Waals surface area (Å²) in [5, 5.41) is 3.51. The van der Waals surface area contributed by atoms with Crippen molar-refractivity contribution < 1.29 is 9.47 Å². The fraction of sp³-hybridized carbons (Fsp3) is 0.333. The molecule has 110 valence electrons. The van der Waals surface area contributed by atoms with Crippen LogP contribution in [0.5, 0.6) is 11.5 Å². The second kappa shape index (κ2) is 5.68. The van der Waals surface area contributed by atoms with Gasteiger partial charge in [-0.3, -0.25) is 0 Å². The van der Waals surface area contributed by atoms with Gasteiger partial charge in [-0.25, -0.2) is 0 Å². The molecule has 0 fully saturated rings. The molecular weight excluding hydrogens is 262 g/mol. The molecule has 21 heavy (non-hydrogen) atoms. The van der Waals surface area contributed by atoms with Gasteiger partial charge in [-0.05, 0) is 35.2 Å². The SMILES string of the molecule is COc1ccc(C2c3ccccc3NCC2C)cc1OC. The number of benzene rings is 2. The van der Waals surface area contributed by atoms with Crippen molar-refractivity contribution in [2.24, 2.45) is 5.92 Å². The third-order valence-electron chi connectivity index (χ3n) is 4.25. The quantitative estimate of drug-likeness (QED) is 0.926. The molecule has 0 saturated heterocycles. The molecule has 2 unspecified atom stereocenters. The number of rotatable bonds is 3. The highest BCUT2D eigenvalue weighted by Gasteiger charge is 2.28. The van der Waals surface area contributed by atoms with E-state index in [0.29, 0.717) is 11.8 Å². The molecule has 0 spiro atoms. The summed E-state index contributed by atoms with van der Waals surface area (Å²) in [6.45, 7) is 3.26. The summed E-state index contributed by atoms with van der Waals surface area (Å²) < 4.78 is 10.8. The normalized spacial score (nSPS) is 20.3. The molecule has 3 rings (SSSR count). The van der Waals surface area contributed by atoms with Gasteiger partial charge in [-0.15, -0.1) is 0 Å². The second-order valence-corrected chi connectivity index (χ2v) is 5.54. The molecule has 2 aromatic rings. The number of fused-ring (bicyclic) bond motifs is 1. The minimum absolute atomic E-state index is 0.377. The van der Waals surface area contributed by atoms with E-state index in [9.17, 15) is 0 Å². The Kier molecular flexibility index (Phi) is 3.74. The third-order valence-corrected chi connectivity index (χ3v) is 4.25. The summed E-state index contributed by atoms with van der Waals surface area (Å²) in [7, 11) is 3.35. The average molecular weight is 283 g/mol. The summed E-state index contributed by atoms with van der Waals surface area (Å²) >= 11 is 0. The van der Waals surface area contributed by atoms with E-state index in [1.807, 2.05) is 6.07 Å². The minimum Gasteiger partial charge on any atom is -0.493 e. The lowest BCUT2D eigenvalue weighted by Crippen LogP contribution is -2.26. The van der Waals surface area contributed by atoms with Crippen molar-refractivity contribution in [3.05, 3.63) is 53.6 Å². The molecule has 2 aromatic carbocycles. The number of para-hydroxylation sites is 1. The minimum atomic E-state index is 0.377. The monoisotopic (exact) mass is 283 g/mol. The van der Waals surface area contributed by atoms with Crippen LogP contribution < -0.4 is 14.8 Å². The van der Waals surface area contributed by atoms with Crippen molar-refractivity contribution in [2.75, 3.05) is 26.1 Å². The highest BCUT2D eigenvalue weighted by atomic mass is 16.5. The first-order valence-corrected chi connectivity index (χ1v) is 7.29. The summed E-state index contributed by atoms with van der Waals surface area (Å²) in [6, 6.07) is 14.8. The molecule has 0 aliphatic carbocycles. The lowest BCUT2D eigenvalue weighted by Gasteiger charge is -2.33. The average Bonchev–Trinajstić information content (AvgIpc) is 2.54. The van der Waals surface area contributed by atoms with Crippen LogP contribution in [-0.4, -0.2) is 20.8 Å². The first-order valence-electron chi connectivity index (χ1n) is 7.29. The van der Waals surface area contributed by atoms with E-state index < -0.39 is 0 Å². The highest BCUT2D eigenvalue weighted by Crippen LogP contribution is 2.42. The van der Waals surface area contributed by atoms with E-state index in [2.05, 4.69) is 48.6 Å². The number of nitrogens with one attached hydrogen (secondary N) is 1. The number of methoxy groups -OCH3 is 2. The van der Waals surface area contributed by atoms with Crippen LogP contribution in [0.3, 0.4) is 0 Å². The van der Waals surface area contributed by atoms with Gasteiger partial charge in [0.1, 0.15) is 0 Å². The van der Waals surface area contributed by atoms with Crippen molar-refractivity contribution in [2.45, 2.75) is 12.8 Å². The maximum absolute atomic E-state index is 5.45. The molecule has 1 N–H and O–H groups in total. The molecule has 0 radical (unpaired) electrons. The van der Waals surface area contributed by atoms with Gasteiger partial charge in [0.15, 0.2) is 11.5 Å². The molecular formula is C18H21NO2. The Morgan fingerprint density at radius 3 is 2.52 bits per heavy atom. The fourth-order valence-electron chi connectivity index (χ4n) is 3.18. The van der Waals surface area contributed by atoms with Gasteiger partial charge < -0.3 is 14.8 Å². The predicted octanol–water partition coefficient (Wildman–Crippen LogP) is 3.90.